The lowest BCUT2D eigenvalue weighted by Gasteiger charge is -2.16. The molecule has 0 aliphatic carbocycles. The van der Waals surface area contributed by atoms with Gasteiger partial charge in [0.25, 0.3) is 0 Å². The number of anilines is 2. The number of halogens is 4. The third-order valence-corrected chi connectivity index (χ3v) is 4.12. The average Bonchev–Trinajstić information content (AvgIpc) is 2.61. The third kappa shape index (κ3) is 3.35. The summed E-state index contributed by atoms with van der Waals surface area (Å²) in [6, 6.07) is 8.68. The van der Waals surface area contributed by atoms with Crippen LogP contribution in [0.15, 0.2) is 42.6 Å². The first-order valence-corrected chi connectivity index (χ1v) is 7.86. The number of hydrogen-bond donors (Lipinski definition) is 1. The first-order valence-electron chi connectivity index (χ1n) is 7.48. The SMILES string of the molecule is COc1cc(Nc2ccnc3c(C(F)(F)F)cccc23)c(OC)cc1Cl. The Bertz CT molecular complexity index is 961. The van der Waals surface area contributed by atoms with E-state index in [0.717, 1.165) is 6.07 Å². The molecular formula is C18H14ClF3N2O2. The summed E-state index contributed by atoms with van der Waals surface area (Å²) in [7, 11) is 2.94. The van der Waals surface area contributed by atoms with Crippen molar-refractivity contribution >= 4 is 33.9 Å². The van der Waals surface area contributed by atoms with Crippen molar-refractivity contribution in [3.8, 4) is 11.5 Å². The molecule has 3 rings (SSSR count). The third-order valence-electron chi connectivity index (χ3n) is 3.82. The van der Waals surface area contributed by atoms with Crippen LogP contribution in [0.4, 0.5) is 24.5 Å². The summed E-state index contributed by atoms with van der Waals surface area (Å²) in [4.78, 5) is 3.90. The van der Waals surface area contributed by atoms with E-state index in [1.165, 1.54) is 26.5 Å². The lowest BCUT2D eigenvalue weighted by atomic mass is 10.1. The summed E-state index contributed by atoms with van der Waals surface area (Å²) in [6.45, 7) is 0. The standard InChI is InChI=1S/C18H14ClF3N2O2/c1-25-15-9-14(16(26-2)8-12(15)19)24-13-6-7-23-17-10(13)4-3-5-11(17)18(20,21)22/h3-9H,1-2H3,(H,23,24). The van der Waals surface area contributed by atoms with E-state index in [1.54, 1.807) is 24.3 Å². The van der Waals surface area contributed by atoms with Crippen LogP contribution < -0.4 is 14.8 Å². The van der Waals surface area contributed by atoms with E-state index in [0.29, 0.717) is 33.3 Å². The zero-order valence-corrected chi connectivity index (χ0v) is 14.6. The molecule has 8 heteroatoms. The van der Waals surface area contributed by atoms with Gasteiger partial charge in [-0.2, -0.15) is 13.2 Å². The van der Waals surface area contributed by atoms with E-state index in [4.69, 9.17) is 21.1 Å². The number of aromatic nitrogens is 1. The van der Waals surface area contributed by atoms with Crippen LogP contribution >= 0.6 is 11.6 Å². The summed E-state index contributed by atoms with van der Waals surface area (Å²) in [6.07, 6.45) is -3.17. The Balaban J connectivity index is 2.13. The maximum Gasteiger partial charge on any atom is 0.418 e. The number of methoxy groups -OCH3 is 2. The van der Waals surface area contributed by atoms with Gasteiger partial charge >= 0.3 is 6.18 Å². The molecular weight excluding hydrogens is 369 g/mol. The van der Waals surface area contributed by atoms with Crippen LogP contribution in [0.1, 0.15) is 5.56 Å². The average molecular weight is 383 g/mol. The number of alkyl halides is 3. The minimum absolute atomic E-state index is 0.134. The molecule has 0 bridgehead atoms. The van der Waals surface area contributed by atoms with E-state index in [2.05, 4.69) is 10.3 Å². The van der Waals surface area contributed by atoms with Gasteiger partial charge in [0.05, 0.1) is 36.0 Å². The molecule has 0 saturated heterocycles. The fraction of sp³-hybridized carbons (Fsp3) is 0.167. The lowest BCUT2D eigenvalue weighted by molar-refractivity contribution is -0.136. The molecule has 0 saturated carbocycles. The van der Waals surface area contributed by atoms with Gasteiger partial charge < -0.3 is 14.8 Å². The fourth-order valence-corrected chi connectivity index (χ4v) is 2.85. The van der Waals surface area contributed by atoms with Gasteiger partial charge in [-0.1, -0.05) is 23.7 Å². The molecule has 4 nitrogen and oxygen atoms in total. The second-order valence-corrected chi connectivity index (χ2v) is 5.78. The van der Waals surface area contributed by atoms with Gasteiger partial charge in [0.2, 0.25) is 0 Å². The Labute approximate surface area is 152 Å². The lowest BCUT2D eigenvalue weighted by Crippen LogP contribution is -2.07. The molecule has 0 atom stereocenters. The van der Waals surface area contributed by atoms with Crippen molar-refractivity contribution in [3.63, 3.8) is 0 Å². The van der Waals surface area contributed by atoms with E-state index < -0.39 is 11.7 Å². The number of benzene rings is 2. The topological polar surface area (TPSA) is 43.4 Å². The molecule has 1 heterocycles. The molecule has 0 aliphatic heterocycles. The zero-order valence-electron chi connectivity index (χ0n) is 13.8. The number of nitrogens with zero attached hydrogens (tertiary/aromatic N) is 1. The van der Waals surface area contributed by atoms with Gasteiger partial charge in [0, 0.05) is 29.4 Å². The highest BCUT2D eigenvalue weighted by atomic mass is 35.5. The summed E-state index contributed by atoms with van der Waals surface area (Å²) in [5.74, 6) is 0.831. The number of ether oxygens (including phenoxy) is 2. The molecule has 0 spiro atoms. The van der Waals surface area contributed by atoms with Crippen molar-refractivity contribution in [1.29, 1.82) is 0 Å². The molecule has 2 aromatic carbocycles. The van der Waals surface area contributed by atoms with Crippen molar-refractivity contribution in [1.82, 2.24) is 4.98 Å². The zero-order chi connectivity index (χ0) is 18.9. The minimum atomic E-state index is -4.49. The van der Waals surface area contributed by atoms with Crippen LogP contribution in [0.5, 0.6) is 11.5 Å². The Hall–Kier alpha value is -2.67. The number of hydrogen-bond acceptors (Lipinski definition) is 4. The van der Waals surface area contributed by atoms with E-state index >= 15 is 0 Å². The van der Waals surface area contributed by atoms with E-state index in [9.17, 15) is 13.2 Å². The summed E-state index contributed by atoms with van der Waals surface area (Å²) in [5.41, 5.74) is 0.0200. The summed E-state index contributed by atoms with van der Waals surface area (Å²) >= 11 is 6.08. The maximum absolute atomic E-state index is 13.2. The van der Waals surface area contributed by atoms with Crippen LogP contribution in [0.25, 0.3) is 10.9 Å². The largest absolute Gasteiger partial charge is 0.495 e. The van der Waals surface area contributed by atoms with Crippen molar-refractivity contribution in [2.24, 2.45) is 0 Å². The molecule has 1 aromatic heterocycles. The van der Waals surface area contributed by atoms with Gasteiger partial charge in [-0.05, 0) is 12.1 Å². The molecule has 1 N–H and O–H groups in total. The van der Waals surface area contributed by atoms with Crippen molar-refractivity contribution in [3.05, 3.63) is 53.2 Å². The van der Waals surface area contributed by atoms with E-state index in [-0.39, 0.29) is 5.52 Å². The minimum Gasteiger partial charge on any atom is -0.495 e. The highest BCUT2D eigenvalue weighted by Crippen LogP contribution is 2.40. The summed E-state index contributed by atoms with van der Waals surface area (Å²) < 4.78 is 50.2. The van der Waals surface area contributed by atoms with Crippen molar-refractivity contribution in [2.45, 2.75) is 6.18 Å². The second kappa shape index (κ2) is 6.92. The predicted octanol–water partition coefficient (Wildman–Crippen LogP) is 5.67. The maximum atomic E-state index is 13.2. The monoisotopic (exact) mass is 382 g/mol. The predicted molar refractivity (Wildman–Crippen MR) is 94.6 cm³/mol. The Kier molecular flexibility index (Phi) is 4.82. The van der Waals surface area contributed by atoms with Gasteiger partial charge in [0.15, 0.2) is 0 Å². The van der Waals surface area contributed by atoms with Crippen LogP contribution in [0.3, 0.4) is 0 Å². The summed E-state index contributed by atoms with van der Waals surface area (Å²) in [5, 5.41) is 3.76. The highest BCUT2D eigenvalue weighted by molar-refractivity contribution is 6.32. The molecule has 0 aliphatic rings. The van der Waals surface area contributed by atoms with E-state index in [1.807, 2.05) is 0 Å². The van der Waals surface area contributed by atoms with Gasteiger partial charge in [-0.25, -0.2) is 0 Å². The smallest absolute Gasteiger partial charge is 0.418 e. The van der Waals surface area contributed by atoms with Crippen molar-refractivity contribution in [2.75, 3.05) is 19.5 Å². The number of nitrogens with one attached hydrogen (secondary N) is 1. The Morgan fingerprint density at radius 3 is 2.38 bits per heavy atom. The number of fused-ring (bicyclic) bond motifs is 1. The van der Waals surface area contributed by atoms with Crippen LogP contribution in [-0.4, -0.2) is 19.2 Å². The molecule has 136 valence electrons. The van der Waals surface area contributed by atoms with Crippen LogP contribution in [0.2, 0.25) is 5.02 Å². The first-order chi connectivity index (χ1) is 12.3. The van der Waals surface area contributed by atoms with Gasteiger partial charge in [-0.3, -0.25) is 4.98 Å². The first kappa shape index (κ1) is 18.1. The number of rotatable bonds is 4. The molecule has 3 aromatic rings. The van der Waals surface area contributed by atoms with Crippen LogP contribution in [-0.2, 0) is 6.18 Å². The van der Waals surface area contributed by atoms with Crippen LogP contribution in [0, 0.1) is 0 Å². The molecule has 0 amide bonds. The fourth-order valence-electron chi connectivity index (χ4n) is 2.62. The second-order valence-electron chi connectivity index (χ2n) is 5.37. The molecule has 0 radical (unpaired) electrons. The Morgan fingerprint density at radius 1 is 1.00 bits per heavy atom. The van der Waals surface area contributed by atoms with Crippen molar-refractivity contribution < 1.29 is 22.6 Å². The normalized spacial score (nSPS) is 11.5. The quantitative estimate of drug-likeness (QED) is 0.631. The Morgan fingerprint density at radius 2 is 1.73 bits per heavy atom. The van der Waals surface area contributed by atoms with Gasteiger partial charge in [-0.15, -0.1) is 0 Å². The highest BCUT2D eigenvalue weighted by Gasteiger charge is 2.33. The number of para-hydroxylation sites is 1. The molecule has 0 fully saturated rings. The molecule has 26 heavy (non-hydrogen) atoms. The molecule has 0 unspecified atom stereocenters. The number of pyridine rings is 1. The van der Waals surface area contributed by atoms with Gasteiger partial charge in [0.1, 0.15) is 11.5 Å².